The van der Waals surface area contributed by atoms with Gasteiger partial charge in [0.05, 0.1) is 13.0 Å². The highest BCUT2D eigenvalue weighted by atomic mass is 35.5. The van der Waals surface area contributed by atoms with Gasteiger partial charge in [-0.1, -0.05) is 17.3 Å². The summed E-state index contributed by atoms with van der Waals surface area (Å²) in [7, 11) is 1.65. The maximum absolute atomic E-state index is 5.59. The monoisotopic (exact) mass is 252 g/mol. The number of aryl methyl sites for hydroxylation is 2. The summed E-state index contributed by atoms with van der Waals surface area (Å²) in [4.78, 5) is 4.14. The summed E-state index contributed by atoms with van der Waals surface area (Å²) in [5.74, 6) is 2.30. The summed E-state index contributed by atoms with van der Waals surface area (Å²) in [5, 5.41) is 3.74. The molecular weight excluding hydrogens is 240 g/mol. The van der Waals surface area contributed by atoms with Crippen LogP contribution < -0.4 is 4.74 Å². The van der Waals surface area contributed by atoms with Crippen LogP contribution in [0.3, 0.4) is 0 Å². The van der Waals surface area contributed by atoms with Gasteiger partial charge in [-0.05, 0) is 24.1 Å². The van der Waals surface area contributed by atoms with Gasteiger partial charge in [0.1, 0.15) is 5.75 Å². The molecule has 0 saturated heterocycles. The Labute approximate surface area is 105 Å². The molecule has 0 radical (unpaired) electrons. The summed E-state index contributed by atoms with van der Waals surface area (Å²) in [5.41, 5.74) is 1.21. The molecule has 4 nitrogen and oxygen atoms in total. The summed E-state index contributed by atoms with van der Waals surface area (Å²) in [6.07, 6.45) is 1.57. The van der Waals surface area contributed by atoms with E-state index in [1.807, 2.05) is 24.3 Å². The van der Waals surface area contributed by atoms with E-state index >= 15 is 0 Å². The van der Waals surface area contributed by atoms with Gasteiger partial charge in [-0.25, -0.2) is 0 Å². The van der Waals surface area contributed by atoms with Gasteiger partial charge in [0.2, 0.25) is 5.89 Å². The molecule has 0 fully saturated rings. The topological polar surface area (TPSA) is 48.2 Å². The first-order valence-electron chi connectivity index (χ1n) is 5.32. The number of halogens is 1. The van der Waals surface area contributed by atoms with Crippen LogP contribution in [-0.2, 0) is 18.7 Å². The van der Waals surface area contributed by atoms with E-state index in [-0.39, 0.29) is 5.88 Å². The van der Waals surface area contributed by atoms with Crippen molar-refractivity contribution in [1.29, 1.82) is 0 Å². The Kier molecular flexibility index (Phi) is 3.98. The maximum atomic E-state index is 5.59. The molecule has 90 valence electrons. The zero-order valence-corrected chi connectivity index (χ0v) is 10.3. The first kappa shape index (κ1) is 11.9. The van der Waals surface area contributed by atoms with E-state index in [0.717, 1.165) is 18.6 Å². The first-order chi connectivity index (χ1) is 8.31. The van der Waals surface area contributed by atoms with Crippen molar-refractivity contribution >= 4 is 11.6 Å². The van der Waals surface area contributed by atoms with Crippen molar-refractivity contribution in [1.82, 2.24) is 10.1 Å². The number of hydrogen-bond donors (Lipinski definition) is 0. The van der Waals surface area contributed by atoms with Crippen molar-refractivity contribution in [2.45, 2.75) is 18.7 Å². The lowest BCUT2D eigenvalue weighted by Gasteiger charge is -2.01. The molecule has 1 heterocycles. The molecule has 1 aromatic carbocycles. The zero-order valence-electron chi connectivity index (χ0n) is 9.52. The highest BCUT2D eigenvalue weighted by Crippen LogP contribution is 2.13. The minimum Gasteiger partial charge on any atom is -0.497 e. The molecule has 0 saturated carbocycles. The molecule has 0 unspecified atom stereocenters. The molecule has 2 aromatic rings. The Balaban J connectivity index is 1.92. The lowest BCUT2D eigenvalue weighted by molar-refractivity contribution is 0.374. The number of methoxy groups -OCH3 is 1. The molecule has 0 amide bonds. The molecular formula is C12H13ClN2O2. The Morgan fingerprint density at radius 2 is 2.00 bits per heavy atom. The second-order valence-electron chi connectivity index (χ2n) is 3.59. The van der Waals surface area contributed by atoms with Crippen LogP contribution in [0.4, 0.5) is 0 Å². The van der Waals surface area contributed by atoms with Gasteiger partial charge < -0.3 is 9.26 Å². The van der Waals surface area contributed by atoms with Crippen molar-refractivity contribution in [3.8, 4) is 5.75 Å². The molecule has 0 N–H and O–H groups in total. The number of hydrogen-bond acceptors (Lipinski definition) is 4. The predicted octanol–water partition coefficient (Wildman–Crippen LogP) is 2.60. The molecule has 0 atom stereocenters. The smallest absolute Gasteiger partial charge is 0.227 e. The van der Waals surface area contributed by atoms with Crippen LogP contribution >= 0.6 is 11.6 Å². The van der Waals surface area contributed by atoms with Gasteiger partial charge >= 0.3 is 0 Å². The average molecular weight is 253 g/mol. The van der Waals surface area contributed by atoms with Gasteiger partial charge in [0, 0.05) is 6.42 Å². The molecule has 5 heteroatoms. The van der Waals surface area contributed by atoms with Crippen LogP contribution in [-0.4, -0.2) is 17.3 Å². The quantitative estimate of drug-likeness (QED) is 0.768. The number of nitrogens with zero attached hydrogens (tertiary/aromatic N) is 2. The highest BCUT2D eigenvalue weighted by Gasteiger charge is 2.05. The third kappa shape index (κ3) is 3.20. The zero-order chi connectivity index (χ0) is 12.1. The molecule has 0 aliphatic rings. The maximum Gasteiger partial charge on any atom is 0.227 e. The molecule has 1 aromatic heterocycles. The van der Waals surface area contributed by atoms with Crippen LogP contribution in [0.2, 0.25) is 0 Å². The third-order valence-electron chi connectivity index (χ3n) is 2.42. The van der Waals surface area contributed by atoms with Crippen molar-refractivity contribution in [3.05, 3.63) is 41.5 Å². The first-order valence-corrected chi connectivity index (χ1v) is 5.85. The van der Waals surface area contributed by atoms with Gasteiger partial charge in [-0.15, -0.1) is 11.6 Å². The second-order valence-corrected chi connectivity index (χ2v) is 3.85. The van der Waals surface area contributed by atoms with Crippen LogP contribution in [0, 0.1) is 0 Å². The largest absolute Gasteiger partial charge is 0.497 e. The fraction of sp³-hybridized carbons (Fsp3) is 0.333. The number of benzene rings is 1. The summed E-state index contributed by atoms with van der Waals surface area (Å²) < 4.78 is 10.1. The molecule has 0 bridgehead atoms. The summed E-state index contributed by atoms with van der Waals surface area (Å²) in [6, 6.07) is 7.93. The second kappa shape index (κ2) is 5.68. The normalized spacial score (nSPS) is 10.5. The van der Waals surface area contributed by atoms with Gasteiger partial charge in [0.25, 0.3) is 0 Å². The number of alkyl halides is 1. The highest BCUT2D eigenvalue weighted by molar-refractivity contribution is 6.16. The molecule has 2 rings (SSSR count). The van der Waals surface area contributed by atoms with Crippen molar-refractivity contribution < 1.29 is 9.26 Å². The molecule has 0 aliphatic carbocycles. The Hall–Kier alpha value is -1.55. The number of aromatic nitrogens is 2. The summed E-state index contributed by atoms with van der Waals surface area (Å²) in [6.45, 7) is 0. The fourth-order valence-corrected chi connectivity index (χ4v) is 1.60. The van der Waals surface area contributed by atoms with Crippen LogP contribution in [0.15, 0.2) is 28.8 Å². The van der Waals surface area contributed by atoms with E-state index in [4.69, 9.17) is 20.9 Å². The third-order valence-corrected chi connectivity index (χ3v) is 2.66. The van der Waals surface area contributed by atoms with Crippen LogP contribution in [0.1, 0.15) is 17.3 Å². The van der Waals surface area contributed by atoms with Crippen LogP contribution in [0.25, 0.3) is 0 Å². The fourth-order valence-electron chi connectivity index (χ4n) is 1.49. The van der Waals surface area contributed by atoms with E-state index in [1.54, 1.807) is 7.11 Å². The minimum absolute atomic E-state index is 0.284. The molecule has 17 heavy (non-hydrogen) atoms. The predicted molar refractivity (Wildman–Crippen MR) is 64.3 cm³/mol. The molecule has 0 aliphatic heterocycles. The van der Waals surface area contributed by atoms with Gasteiger partial charge in [0.15, 0.2) is 5.82 Å². The van der Waals surface area contributed by atoms with E-state index in [0.29, 0.717) is 11.7 Å². The lowest BCUT2D eigenvalue weighted by atomic mass is 10.1. The van der Waals surface area contributed by atoms with Crippen molar-refractivity contribution in [3.63, 3.8) is 0 Å². The Morgan fingerprint density at radius 1 is 1.24 bits per heavy atom. The SMILES string of the molecule is COc1ccc(CCc2nc(CCl)no2)cc1. The van der Waals surface area contributed by atoms with E-state index in [1.165, 1.54) is 5.56 Å². The lowest BCUT2D eigenvalue weighted by Crippen LogP contribution is -1.92. The number of ether oxygens (including phenoxy) is 1. The van der Waals surface area contributed by atoms with E-state index < -0.39 is 0 Å². The van der Waals surface area contributed by atoms with E-state index in [9.17, 15) is 0 Å². The van der Waals surface area contributed by atoms with Crippen molar-refractivity contribution in [2.75, 3.05) is 7.11 Å². The molecule has 0 spiro atoms. The Bertz CT molecular complexity index is 468. The Morgan fingerprint density at radius 3 is 2.59 bits per heavy atom. The average Bonchev–Trinajstić information content (AvgIpc) is 2.85. The van der Waals surface area contributed by atoms with Gasteiger partial charge in [-0.2, -0.15) is 4.98 Å². The van der Waals surface area contributed by atoms with E-state index in [2.05, 4.69) is 10.1 Å². The number of rotatable bonds is 5. The van der Waals surface area contributed by atoms with Crippen molar-refractivity contribution in [2.24, 2.45) is 0 Å². The summed E-state index contributed by atoms with van der Waals surface area (Å²) >= 11 is 5.59. The van der Waals surface area contributed by atoms with Gasteiger partial charge in [-0.3, -0.25) is 0 Å². The van der Waals surface area contributed by atoms with Crippen LogP contribution in [0.5, 0.6) is 5.75 Å². The minimum atomic E-state index is 0.284. The standard InChI is InChI=1S/C12H13ClN2O2/c1-16-10-5-2-9(3-6-10)4-7-12-14-11(8-13)15-17-12/h2-3,5-6H,4,7-8H2,1H3.